The van der Waals surface area contributed by atoms with E-state index in [4.69, 9.17) is 14.2 Å². The highest BCUT2D eigenvalue weighted by atomic mass is 16.5. The Hall–Kier alpha value is -3.54. The lowest BCUT2D eigenvalue weighted by Gasteiger charge is -2.18. The van der Waals surface area contributed by atoms with Crippen LogP contribution in [0, 0.1) is 0 Å². The van der Waals surface area contributed by atoms with Crippen molar-refractivity contribution in [3.63, 3.8) is 0 Å². The van der Waals surface area contributed by atoms with Gasteiger partial charge >= 0.3 is 5.97 Å². The third-order valence-electron chi connectivity index (χ3n) is 4.64. The quantitative estimate of drug-likeness (QED) is 0.549. The van der Waals surface area contributed by atoms with Crippen LogP contribution < -0.4 is 14.4 Å². The number of esters is 1. The molecule has 2 aromatic carbocycles. The summed E-state index contributed by atoms with van der Waals surface area (Å²) in [6, 6.07) is 14.4. The Kier molecular flexibility index (Phi) is 6.02. The molecule has 0 aliphatic carbocycles. The minimum absolute atomic E-state index is 0.236. The number of ether oxygens (including phenoxy) is 3. The van der Waals surface area contributed by atoms with Gasteiger partial charge in [0.05, 0.1) is 32.0 Å². The molecule has 1 heterocycles. The van der Waals surface area contributed by atoms with E-state index in [1.54, 1.807) is 44.4 Å². The summed E-state index contributed by atoms with van der Waals surface area (Å²) in [7, 11) is 2.88. The lowest BCUT2D eigenvalue weighted by molar-refractivity contribution is -0.136. The van der Waals surface area contributed by atoms with E-state index in [2.05, 4.69) is 0 Å². The van der Waals surface area contributed by atoms with Crippen molar-refractivity contribution in [3.05, 3.63) is 70.9 Å². The molecule has 1 aliphatic heterocycles. The lowest BCUT2D eigenvalue weighted by atomic mass is 10.0. The Morgan fingerprint density at radius 2 is 1.76 bits per heavy atom. The lowest BCUT2D eigenvalue weighted by Crippen LogP contribution is -2.24. The minimum Gasteiger partial charge on any atom is -0.497 e. The molecule has 6 nitrogen and oxygen atoms in total. The van der Waals surface area contributed by atoms with Crippen molar-refractivity contribution in [2.45, 2.75) is 13.8 Å². The number of carbonyl (C=O) groups excluding carboxylic acids is 2. The number of anilines is 1. The molecule has 1 aliphatic rings. The molecule has 2 aromatic rings. The summed E-state index contributed by atoms with van der Waals surface area (Å²) in [5, 5.41) is 0. The summed E-state index contributed by atoms with van der Waals surface area (Å²) in [6.45, 7) is 4.11. The van der Waals surface area contributed by atoms with Gasteiger partial charge in [-0.2, -0.15) is 0 Å². The van der Waals surface area contributed by atoms with Gasteiger partial charge in [-0.25, -0.2) is 4.79 Å². The van der Waals surface area contributed by atoms with E-state index in [1.165, 1.54) is 12.0 Å². The predicted octanol–water partition coefficient (Wildman–Crippen LogP) is 3.97. The van der Waals surface area contributed by atoms with Crippen molar-refractivity contribution in [3.8, 4) is 11.5 Å². The van der Waals surface area contributed by atoms with Gasteiger partial charge in [0.1, 0.15) is 11.5 Å². The SMILES string of the molecule is CCOc1ccccc1/C=C1\C(=O)N(c2ccc(OC)cc2)C(C)=C1C(=O)OC. The van der Waals surface area contributed by atoms with Crippen LogP contribution in [0.1, 0.15) is 19.4 Å². The molecule has 0 atom stereocenters. The second-order valence-electron chi connectivity index (χ2n) is 6.32. The Morgan fingerprint density at radius 1 is 1.07 bits per heavy atom. The highest BCUT2D eigenvalue weighted by Crippen LogP contribution is 2.36. The zero-order chi connectivity index (χ0) is 21.0. The molecule has 29 heavy (non-hydrogen) atoms. The number of hydrogen-bond acceptors (Lipinski definition) is 5. The molecule has 1 amide bonds. The monoisotopic (exact) mass is 393 g/mol. The number of amides is 1. The van der Waals surface area contributed by atoms with Crippen LogP contribution in [0.25, 0.3) is 6.08 Å². The summed E-state index contributed by atoms with van der Waals surface area (Å²) in [5.41, 5.74) is 2.35. The fourth-order valence-electron chi connectivity index (χ4n) is 3.26. The summed E-state index contributed by atoms with van der Waals surface area (Å²) in [4.78, 5) is 27.3. The zero-order valence-electron chi connectivity index (χ0n) is 16.9. The second kappa shape index (κ2) is 8.65. The third-order valence-corrected chi connectivity index (χ3v) is 4.64. The van der Waals surface area contributed by atoms with Crippen LogP contribution in [0.5, 0.6) is 11.5 Å². The first kappa shape index (κ1) is 20.2. The molecule has 150 valence electrons. The number of allylic oxidation sites excluding steroid dienone is 1. The van der Waals surface area contributed by atoms with Crippen LogP contribution in [0.3, 0.4) is 0 Å². The van der Waals surface area contributed by atoms with Gasteiger partial charge < -0.3 is 14.2 Å². The highest BCUT2D eigenvalue weighted by molar-refractivity contribution is 6.23. The molecule has 0 aromatic heterocycles. The van der Waals surface area contributed by atoms with Gasteiger partial charge in [0.25, 0.3) is 5.91 Å². The predicted molar refractivity (Wildman–Crippen MR) is 111 cm³/mol. The number of hydrogen-bond donors (Lipinski definition) is 0. The van der Waals surface area contributed by atoms with Crippen LogP contribution in [-0.4, -0.2) is 32.7 Å². The normalized spacial score (nSPS) is 15.1. The first-order valence-electron chi connectivity index (χ1n) is 9.23. The standard InChI is InChI=1S/C23H23NO5/c1-5-29-20-9-7-6-8-16(20)14-19-21(23(26)28-4)15(2)24(22(19)25)17-10-12-18(27-3)13-11-17/h6-14H,5H2,1-4H3/b19-14-. The van der Waals surface area contributed by atoms with E-state index in [9.17, 15) is 9.59 Å². The van der Waals surface area contributed by atoms with E-state index in [0.717, 1.165) is 0 Å². The fourth-order valence-corrected chi connectivity index (χ4v) is 3.26. The number of carbonyl (C=O) groups is 2. The maximum absolute atomic E-state index is 13.3. The molecule has 0 bridgehead atoms. The smallest absolute Gasteiger partial charge is 0.340 e. The van der Waals surface area contributed by atoms with Crippen molar-refractivity contribution in [1.29, 1.82) is 0 Å². The van der Waals surface area contributed by atoms with Crippen LogP contribution in [0.15, 0.2) is 65.4 Å². The maximum atomic E-state index is 13.3. The van der Waals surface area contributed by atoms with Gasteiger partial charge in [0.2, 0.25) is 0 Å². The molecule has 0 saturated heterocycles. The number of para-hydroxylation sites is 1. The summed E-state index contributed by atoms with van der Waals surface area (Å²) in [5.74, 6) is 0.447. The molecule has 0 unspecified atom stereocenters. The minimum atomic E-state index is -0.563. The van der Waals surface area contributed by atoms with Gasteiger partial charge in [-0.15, -0.1) is 0 Å². The van der Waals surface area contributed by atoms with Crippen molar-refractivity contribution in [2.75, 3.05) is 25.7 Å². The van der Waals surface area contributed by atoms with Crippen molar-refractivity contribution < 1.29 is 23.8 Å². The second-order valence-corrected chi connectivity index (χ2v) is 6.32. The highest BCUT2D eigenvalue weighted by Gasteiger charge is 2.38. The molecular formula is C23H23NO5. The van der Waals surface area contributed by atoms with Gasteiger partial charge in [-0.05, 0) is 50.3 Å². The first-order chi connectivity index (χ1) is 14.0. The number of benzene rings is 2. The Bertz CT molecular complexity index is 989. The summed E-state index contributed by atoms with van der Waals surface area (Å²) < 4.78 is 15.8. The maximum Gasteiger partial charge on any atom is 0.340 e. The summed E-state index contributed by atoms with van der Waals surface area (Å²) in [6.07, 6.45) is 1.67. The molecule has 0 saturated carbocycles. The Labute approximate surface area is 170 Å². The number of rotatable bonds is 6. The van der Waals surface area contributed by atoms with E-state index in [1.807, 2.05) is 31.2 Å². The Morgan fingerprint density at radius 3 is 2.38 bits per heavy atom. The van der Waals surface area contributed by atoms with Gasteiger partial charge in [-0.3, -0.25) is 9.69 Å². The summed E-state index contributed by atoms with van der Waals surface area (Å²) >= 11 is 0. The van der Waals surface area contributed by atoms with Gasteiger partial charge in [0, 0.05) is 16.9 Å². The van der Waals surface area contributed by atoms with Crippen LogP contribution in [0.4, 0.5) is 5.69 Å². The molecular weight excluding hydrogens is 370 g/mol. The third kappa shape index (κ3) is 3.87. The van der Waals surface area contributed by atoms with E-state index in [0.29, 0.717) is 35.1 Å². The Balaban J connectivity index is 2.12. The largest absolute Gasteiger partial charge is 0.497 e. The van der Waals surface area contributed by atoms with Crippen molar-refractivity contribution >= 4 is 23.6 Å². The topological polar surface area (TPSA) is 65.1 Å². The number of nitrogens with zero attached hydrogens (tertiary/aromatic N) is 1. The van der Waals surface area contributed by atoms with Crippen LogP contribution in [-0.2, 0) is 14.3 Å². The van der Waals surface area contributed by atoms with Crippen molar-refractivity contribution in [2.24, 2.45) is 0 Å². The average molecular weight is 393 g/mol. The zero-order valence-corrected chi connectivity index (χ0v) is 16.9. The molecule has 3 rings (SSSR count). The van der Waals surface area contributed by atoms with E-state index < -0.39 is 5.97 Å². The van der Waals surface area contributed by atoms with E-state index in [-0.39, 0.29) is 17.1 Å². The number of methoxy groups -OCH3 is 2. The van der Waals surface area contributed by atoms with E-state index >= 15 is 0 Å². The van der Waals surface area contributed by atoms with Gasteiger partial charge in [0.15, 0.2) is 0 Å². The molecule has 0 N–H and O–H groups in total. The average Bonchev–Trinajstić information content (AvgIpc) is 2.98. The molecule has 0 fully saturated rings. The molecule has 6 heteroatoms. The molecule has 0 spiro atoms. The first-order valence-corrected chi connectivity index (χ1v) is 9.23. The van der Waals surface area contributed by atoms with Crippen molar-refractivity contribution in [1.82, 2.24) is 0 Å². The van der Waals surface area contributed by atoms with Crippen LogP contribution >= 0.6 is 0 Å². The van der Waals surface area contributed by atoms with Gasteiger partial charge in [-0.1, -0.05) is 18.2 Å². The fraction of sp³-hybridized carbons (Fsp3) is 0.217. The van der Waals surface area contributed by atoms with Crippen LogP contribution in [0.2, 0.25) is 0 Å². The molecule has 0 radical (unpaired) electrons.